The highest BCUT2D eigenvalue weighted by molar-refractivity contribution is 6.02. The molecule has 0 unspecified atom stereocenters. The molecule has 138 valence electrons. The predicted octanol–water partition coefficient (Wildman–Crippen LogP) is 4.20. The highest BCUT2D eigenvalue weighted by Gasteiger charge is 2.09. The molecule has 0 bridgehead atoms. The fraction of sp³-hybridized carbons (Fsp3) is 0.143. The van der Waals surface area contributed by atoms with E-state index in [4.69, 9.17) is 4.42 Å². The van der Waals surface area contributed by atoms with Gasteiger partial charge < -0.3 is 20.4 Å². The van der Waals surface area contributed by atoms with Crippen molar-refractivity contribution in [2.45, 2.75) is 13.8 Å². The van der Waals surface area contributed by atoms with E-state index in [1.165, 1.54) is 6.26 Å². The van der Waals surface area contributed by atoms with Crippen LogP contribution in [0.4, 0.5) is 17.1 Å². The average molecular weight is 363 g/mol. The molecule has 0 atom stereocenters. The lowest BCUT2D eigenvalue weighted by atomic mass is 10.1. The minimum Gasteiger partial charge on any atom is -0.459 e. The molecule has 2 aromatic carbocycles. The number of nitrogens with one attached hydrogen (secondary N) is 3. The number of aryl methyl sites for hydroxylation is 2. The molecule has 0 aliphatic heterocycles. The van der Waals surface area contributed by atoms with Gasteiger partial charge in [-0.3, -0.25) is 9.59 Å². The van der Waals surface area contributed by atoms with Gasteiger partial charge in [0.1, 0.15) is 0 Å². The summed E-state index contributed by atoms with van der Waals surface area (Å²) in [6, 6.07) is 16.3. The Morgan fingerprint density at radius 3 is 2.30 bits per heavy atom. The van der Waals surface area contributed by atoms with Crippen LogP contribution in [0.1, 0.15) is 21.7 Å². The molecule has 0 aliphatic rings. The summed E-state index contributed by atoms with van der Waals surface area (Å²) >= 11 is 0. The van der Waals surface area contributed by atoms with Gasteiger partial charge in [0.15, 0.2) is 5.76 Å². The Bertz CT molecular complexity index is 929. The van der Waals surface area contributed by atoms with E-state index in [-0.39, 0.29) is 24.1 Å². The lowest BCUT2D eigenvalue weighted by Gasteiger charge is -2.10. The van der Waals surface area contributed by atoms with E-state index in [1.807, 2.05) is 32.0 Å². The van der Waals surface area contributed by atoms with E-state index in [0.717, 1.165) is 22.5 Å². The molecule has 1 aromatic heterocycles. The highest BCUT2D eigenvalue weighted by Crippen LogP contribution is 2.17. The summed E-state index contributed by atoms with van der Waals surface area (Å²) in [7, 11) is 0. The van der Waals surface area contributed by atoms with Gasteiger partial charge in [0.25, 0.3) is 5.91 Å². The van der Waals surface area contributed by atoms with Crippen LogP contribution in [0.25, 0.3) is 0 Å². The molecule has 6 heteroatoms. The third-order valence-corrected chi connectivity index (χ3v) is 3.82. The summed E-state index contributed by atoms with van der Waals surface area (Å²) in [5.41, 5.74) is 4.30. The van der Waals surface area contributed by atoms with E-state index in [0.29, 0.717) is 5.69 Å². The first kappa shape index (κ1) is 18.3. The number of furan rings is 1. The SMILES string of the molecule is Cc1cc(C)cc(NC(=O)CNc2cccc(NC(=O)c3ccco3)c2)c1. The van der Waals surface area contributed by atoms with Crippen LogP contribution in [0, 0.1) is 13.8 Å². The third kappa shape index (κ3) is 5.22. The van der Waals surface area contributed by atoms with Gasteiger partial charge in [-0.25, -0.2) is 0 Å². The zero-order valence-electron chi connectivity index (χ0n) is 15.2. The molecule has 0 spiro atoms. The molecule has 0 aliphatic carbocycles. The topological polar surface area (TPSA) is 83.4 Å². The molecule has 1 heterocycles. The summed E-state index contributed by atoms with van der Waals surface area (Å²) in [4.78, 5) is 24.2. The number of hydrogen-bond acceptors (Lipinski definition) is 4. The molecular weight excluding hydrogens is 342 g/mol. The van der Waals surface area contributed by atoms with E-state index in [9.17, 15) is 9.59 Å². The van der Waals surface area contributed by atoms with Crippen LogP contribution in [0.15, 0.2) is 65.3 Å². The standard InChI is InChI=1S/C21H21N3O3/c1-14-9-15(2)11-18(10-14)23-20(25)13-22-16-5-3-6-17(12-16)24-21(26)19-7-4-8-27-19/h3-12,22H,13H2,1-2H3,(H,23,25)(H,24,26). The second kappa shape index (κ2) is 8.23. The molecule has 0 radical (unpaired) electrons. The second-order valence-corrected chi connectivity index (χ2v) is 6.29. The van der Waals surface area contributed by atoms with Gasteiger partial charge >= 0.3 is 0 Å². The lowest BCUT2D eigenvalue weighted by molar-refractivity contribution is -0.114. The molecule has 0 fully saturated rings. The smallest absolute Gasteiger partial charge is 0.291 e. The first-order valence-corrected chi connectivity index (χ1v) is 8.56. The van der Waals surface area contributed by atoms with Gasteiger partial charge in [0, 0.05) is 17.1 Å². The summed E-state index contributed by atoms with van der Waals surface area (Å²) in [5.74, 6) is -0.240. The van der Waals surface area contributed by atoms with Crippen LogP contribution in [-0.4, -0.2) is 18.4 Å². The fourth-order valence-electron chi connectivity index (χ4n) is 2.74. The van der Waals surface area contributed by atoms with Crippen LogP contribution in [0.3, 0.4) is 0 Å². The first-order chi connectivity index (χ1) is 13.0. The van der Waals surface area contributed by atoms with E-state index in [2.05, 4.69) is 22.0 Å². The molecule has 27 heavy (non-hydrogen) atoms. The van der Waals surface area contributed by atoms with Crippen LogP contribution in [0.5, 0.6) is 0 Å². The van der Waals surface area contributed by atoms with Crippen molar-refractivity contribution in [3.05, 3.63) is 77.7 Å². The van der Waals surface area contributed by atoms with Gasteiger partial charge in [-0.15, -0.1) is 0 Å². The summed E-state index contributed by atoms with van der Waals surface area (Å²) in [5, 5.41) is 8.68. The molecule has 3 rings (SSSR count). The van der Waals surface area contributed by atoms with Crippen molar-refractivity contribution in [1.82, 2.24) is 0 Å². The molecule has 0 saturated carbocycles. The van der Waals surface area contributed by atoms with Crippen LogP contribution >= 0.6 is 0 Å². The number of rotatable bonds is 6. The van der Waals surface area contributed by atoms with Crippen molar-refractivity contribution in [1.29, 1.82) is 0 Å². The summed E-state index contributed by atoms with van der Waals surface area (Å²) in [6.07, 6.45) is 1.45. The van der Waals surface area contributed by atoms with Gasteiger partial charge in [0.2, 0.25) is 5.91 Å². The Hall–Kier alpha value is -3.54. The Labute approximate surface area is 157 Å². The molecule has 3 N–H and O–H groups in total. The van der Waals surface area contributed by atoms with Gasteiger partial charge in [0.05, 0.1) is 12.8 Å². The second-order valence-electron chi connectivity index (χ2n) is 6.29. The van der Waals surface area contributed by atoms with Crippen molar-refractivity contribution in [3.63, 3.8) is 0 Å². The average Bonchev–Trinajstić information content (AvgIpc) is 3.14. The fourth-order valence-corrected chi connectivity index (χ4v) is 2.74. The first-order valence-electron chi connectivity index (χ1n) is 8.56. The number of carbonyl (C=O) groups is 2. The van der Waals surface area contributed by atoms with E-state index >= 15 is 0 Å². The Morgan fingerprint density at radius 2 is 1.59 bits per heavy atom. The highest BCUT2D eigenvalue weighted by atomic mass is 16.3. The van der Waals surface area contributed by atoms with Gasteiger partial charge in [-0.1, -0.05) is 12.1 Å². The number of hydrogen-bond donors (Lipinski definition) is 3. The predicted molar refractivity (Wildman–Crippen MR) is 106 cm³/mol. The summed E-state index contributed by atoms with van der Waals surface area (Å²) < 4.78 is 5.07. The monoisotopic (exact) mass is 363 g/mol. The normalized spacial score (nSPS) is 10.3. The zero-order chi connectivity index (χ0) is 19.2. The van der Waals surface area contributed by atoms with E-state index in [1.54, 1.807) is 30.3 Å². The molecule has 2 amide bonds. The maximum atomic E-state index is 12.2. The van der Waals surface area contributed by atoms with Crippen molar-refractivity contribution >= 4 is 28.9 Å². The Morgan fingerprint density at radius 1 is 0.852 bits per heavy atom. The molecule has 0 saturated heterocycles. The minimum absolute atomic E-state index is 0.114. The van der Waals surface area contributed by atoms with Crippen LogP contribution in [0.2, 0.25) is 0 Å². The van der Waals surface area contributed by atoms with Crippen molar-refractivity contribution in [2.24, 2.45) is 0 Å². The number of anilines is 3. The largest absolute Gasteiger partial charge is 0.459 e. The number of amides is 2. The molecule has 3 aromatic rings. The lowest BCUT2D eigenvalue weighted by Crippen LogP contribution is -2.22. The van der Waals surface area contributed by atoms with Crippen LogP contribution < -0.4 is 16.0 Å². The molecular formula is C21H21N3O3. The van der Waals surface area contributed by atoms with E-state index < -0.39 is 0 Å². The Balaban J connectivity index is 1.56. The maximum Gasteiger partial charge on any atom is 0.291 e. The quantitative estimate of drug-likeness (QED) is 0.613. The van der Waals surface area contributed by atoms with Crippen molar-refractivity contribution < 1.29 is 14.0 Å². The van der Waals surface area contributed by atoms with Gasteiger partial charge in [-0.2, -0.15) is 0 Å². The number of carbonyl (C=O) groups excluding carboxylic acids is 2. The number of benzene rings is 2. The Kier molecular flexibility index (Phi) is 5.56. The van der Waals surface area contributed by atoms with Crippen molar-refractivity contribution in [2.75, 3.05) is 22.5 Å². The van der Waals surface area contributed by atoms with Crippen LogP contribution in [-0.2, 0) is 4.79 Å². The molecule has 6 nitrogen and oxygen atoms in total. The minimum atomic E-state index is -0.329. The third-order valence-electron chi connectivity index (χ3n) is 3.82. The van der Waals surface area contributed by atoms with Crippen molar-refractivity contribution in [3.8, 4) is 0 Å². The zero-order valence-corrected chi connectivity index (χ0v) is 15.2. The maximum absolute atomic E-state index is 12.2. The summed E-state index contributed by atoms with van der Waals surface area (Å²) in [6.45, 7) is 4.09. The van der Waals surface area contributed by atoms with Gasteiger partial charge in [-0.05, 0) is 67.4 Å².